The molecule has 5 nitrogen and oxygen atoms in total. The summed E-state index contributed by atoms with van der Waals surface area (Å²) in [5.41, 5.74) is 7.74. The van der Waals surface area contributed by atoms with E-state index >= 15 is 0 Å². The number of anilines is 2. The number of nitrogen functional groups attached to an aromatic ring is 1. The first-order valence-electron chi connectivity index (χ1n) is 8.20. The van der Waals surface area contributed by atoms with Crippen molar-refractivity contribution in [2.75, 3.05) is 43.5 Å². The molecule has 0 aromatic heterocycles. The molecule has 0 amide bonds. The maximum atomic E-state index is 8.82. The molecule has 1 aliphatic heterocycles. The Morgan fingerprint density at radius 1 is 1.27 bits per heavy atom. The van der Waals surface area contributed by atoms with Gasteiger partial charge in [-0.2, -0.15) is 0 Å². The van der Waals surface area contributed by atoms with Gasteiger partial charge in [-0.3, -0.25) is 0 Å². The van der Waals surface area contributed by atoms with Gasteiger partial charge in [0.2, 0.25) is 0 Å². The maximum Gasteiger partial charge on any atom is 0.145 e. The number of hydrogen-bond acceptors (Lipinski definition) is 5. The topological polar surface area (TPSA) is 68.0 Å². The highest BCUT2D eigenvalue weighted by molar-refractivity contribution is 5.64. The van der Waals surface area contributed by atoms with Crippen molar-refractivity contribution in [1.29, 1.82) is 0 Å². The molecule has 0 saturated carbocycles. The molecule has 2 rings (SSSR count). The van der Waals surface area contributed by atoms with E-state index in [2.05, 4.69) is 11.8 Å². The normalized spacial score (nSPS) is 16.5. The largest absolute Gasteiger partial charge is 0.488 e. The summed E-state index contributed by atoms with van der Waals surface area (Å²) in [5.74, 6) is 0.858. The Morgan fingerprint density at radius 2 is 2.05 bits per heavy atom. The highest BCUT2D eigenvalue weighted by Gasteiger charge is 2.17. The molecule has 1 aliphatic rings. The quantitative estimate of drug-likeness (QED) is 0.570. The summed E-state index contributed by atoms with van der Waals surface area (Å²) >= 11 is 0. The van der Waals surface area contributed by atoms with Gasteiger partial charge in [0, 0.05) is 31.5 Å². The Balaban J connectivity index is 1.97. The number of aliphatic hydroxyl groups is 1. The predicted molar refractivity (Wildman–Crippen MR) is 89.5 cm³/mol. The van der Waals surface area contributed by atoms with Crippen molar-refractivity contribution in [2.45, 2.75) is 38.7 Å². The Bertz CT molecular complexity index is 448. The highest BCUT2D eigenvalue weighted by atomic mass is 16.5. The summed E-state index contributed by atoms with van der Waals surface area (Å²) in [6.45, 7) is 5.62. The second-order valence-corrected chi connectivity index (χ2v) is 5.83. The van der Waals surface area contributed by atoms with Gasteiger partial charge in [0.05, 0.1) is 25.0 Å². The summed E-state index contributed by atoms with van der Waals surface area (Å²) in [5, 5.41) is 8.82. The van der Waals surface area contributed by atoms with Gasteiger partial charge in [0.15, 0.2) is 0 Å². The second-order valence-electron chi connectivity index (χ2n) is 5.83. The maximum absolute atomic E-state index is 8.82. The number of nitrogens with zero attached hydrogens (tertiary/aromatic N) is 1. The predicted octanol–water partition coefficient (Wildman–Crippen LogP) is 2.43. The molecule has 1 aromatic carbocycles. The number of ether oxygens (including phenoxy) is 2. The number of nitrogens with two attached hydrogens (primary N) is 1. The van der Waals surface area contributed by atoms with E-state index in [4.69, 9.17) is 20.3 Å². The van der Waals surface area contributed by atoms with Crippen LogP contribution in [0.5, 0.6) is 5.75 Å². The van der Waals surface area contributed by atoms with Crippen molar-refractivity contribution in [2.24, 2.45) is 0 Å². The summed E-state index contributed by atoms with van der Waals surface area (Å²) in [6.07, 6.45) is 4.09. The molecule has 22 heavy (non-hydrogen) atoms. The van der Waals surface area contributed by atoms with Crippen LogP contribution in [-0.2, 0) is 4.74 Å². The molecule has 1 atom stereocenters. The molecule has 0 aliphatic carbocycles. The van der Waals surface area contributed by atoms with Crippen LogP contribution < -0.4 is 15.4 Å². The number of unbranched alkanes of at least 4 members (excludes halogenated alkanes) is 2. The van der Waals surface area contributed by atoms with Crippen molar-refractivity contribution >= 4 is 11.4 Å². The monoisotopic (exact) mass is 308 g/mol. The van der Waals surface area contributed by atoms with Crippen molar-refractivity contribution < 1.29 is 14.6 Å². The van der Waals surface area contributed by atoms with Crippen molar-refractivity contribution in [3.63, 3.8) is 0 Å². The van der Waals surface area contributed by atoms with Gasteiger partial charge in [-0.25, -0.2) is 0 Å². The fourth-order valence-electron chi connectivity index (χ4n) is 2.69. The van der Waals surface area contributed by atoms with E-state index in [1.54, 1.807) is 0 Å². The Hall–Kier alpha value is -1.46. The van der Waals surface area contributed by atoms with Crippen LogP contribution in [0.2, 0.25) is 0 Å². The first kappa shape index (κ1) is 16.9. The molecule has 1 heterocycles. The lowest BCUT2D eigenvalue weighted by Crippen LogP contribution is -2.36. The smallest absolute Gasteiger partial charge is 0.145 e. The molecular formula is C17H28N2O3. The molecule has 3 N–H and O–H groups in total. The Morgan fingerprint density at radius 3 is 2.77 bits per heavy atom. The second kappa shape index (κ2) is 8.86. The van der Waals surface area contributed by atoms with Crippen molar-refractivity contribution in [3.8, 4) is 5.75 Å². The van der Waals surface area contributed by atoms with Gasteiger partial charge in [0.1, 0.15) is 5.75 Å². The molecule has 0 bridgehead atoms. The third-order valence-electron chi connectivity index (χ3n) is 3.93. The summed E-state index contributed by atoms with van der Waals surface area (Å²) in [4.78, 5) is 2.29. The molecular weight excluding hydrogens is 280 g/mol. The lowest BCUT2D eigenvalue weighted by molar-refractivity contribution is 0.122. The van der Waals surface area contributed by atoms with Crippen molar-refractivity contribution in [3.05, 3.63) is 18.2 Å². The van der Waals surface area contributed by atoms with Crippen LogP contribution in [0.15, 0.2) is 18.2 Å². The first-order chi connectivity index (χ1) is 10.7. The molecule has 1 saturated heterocycles. The zero-order chi connectivity index (χ0) is 15.8. The fraction of sp³-hybridized carbons (Fsp3) is 0.647. The molecule has 0 spiro atoms. The van der Waals surface area contributed by atoms with Gasteiger partial charge in [-0.1, -0.05) is 6.42 Å². The Kier molecular flexibility index (Phi) is 6.80. The van der Waals surface area contributed by atoms with E-state index in [0.717, 1.165) is 69.1 Å². The molecule has 0 radical (unpaired) electrons. The van der Waals surface area contributed by atoms with Gasteiger partial charge in [-0.05, 0) is 38.3 Å². The minimum Gasteiger partial charge on any atom is -0.488 e. The standard InChI is InChI=1S/C17H28N2O3/c1-14(5-3-2-4-10-20)22-17-13-15(18)6-7-16(17)19-8-11-21-12-9-19/h6-7,13-14,20H,2-5,8-12,18H2,1H3. The third kappa shape index (κ3) is 5.07. The van der Waals surface area contributed by atoms with Crippen LogP contribution in [0.25, 0.3) is 0 Å². The third-order valence-corrected chi connectivity index (χ3v) is 3.93. The van der Waals surface area contributed by atoms with Gasteiger partial charge in [0.25, 0.3) is 0 Å². The van der Waals surface area contributed by atoms with Crippen LogP contribution in [0.3, 0.4) is 0 Å². The minimum atomic E-state index is 0.139. The summed E-state index contributed by atoms with van der Waals surface area (Å²) in [6, 6.07) is 5.87. The van der Waals surface area contributed by atoms with Crippen LogP contribution in [0, 0.1) is 0 Å². The van der Waals surface area contributed by atoms with Crippen LogP contribution >= 0.6 is 0 Å². The van der Waals surface area contributed by atoms with Crippen LogP contribution in [0.4, 0.5) is 11.4 Å². The van der Waals surface area contributed by atoms with Crippen molar-refractivity contribution in [1.82, 2.24) is 0 Å². The zero-order valence-corrected chi connectivity index (χ0v) is 13.5. The number of benzene rings is 1. The van der Waals surface area contributed by atoms with E-state index in [-0.39, 0.29) is 12.7 Å². The van der Waals surface area contributed by atoms with E-state index in [1.807, 2.05) is 18.2 Å². The number of morpholine rings is 1. The molecule has 124 valence electrons. The van der Waals surface area contributed by atoms with Gasteiger partial charge < -0.3 is 25.2 Å². The number of aliphatic hydroxyl groups excluding tert-OH is 1. The average Bonchev–Trinajstić information content (AvgIpc) is 2.53. The van der Waals surface area contributed by atoms with E-state index < -0.39 is 0 Å². The van der Waals surface area contributed by atoms with E-state index in [0.29, 0.717) is 0 Å². The zero-order valence-electron chi connectivity index (χ0n) is 13.5. The SMILES string of the molecule is CC(CCCCCO)Oc1cc(N)ccc1N1CCOCC1. The first-order valence-corrected chi connectivity index (χ1v) is 8.20. The average molecular weight is 308 g/mol. The highest BCUT2D eigenvalue weighted by Crippen LogP contribution is 2.32. The molecule has 1 unspecified atom stereocenters. The molecule has 1 fully saturated rings. The number of hydrogen-bond donors (Lipinski definition) is 2. The minimum absolute atomic E-state index is 0.139. The lowest BCUT2D eigenvalue weighted by Gasteiger charge is -2.31. The molecule has 1 aromatic rings. The van der Waals surface area contributed by atoms with Gasteiger partial charge in [-0.15, -0.1) is 0 Å². The lowest BCUT2D eigenvalue weighted by atomic mass is 10.1. The molecule has 5 heteroatoms. The van der Waals surface area contributed by atoms with Crippen LogP contribution in [-0.4, -0.2) is 44.1 Å². The fourth-order valence-corrected chi connectivity index (χ4v) is 2.69. The number of rotatable bonds is 8. The van der Waals surface area contributed by atoms with Gasteiger partial charge >= 0.3 is 0 Å². The Labute approximate surface area is 133 Å². The summed E-state index contributed by atoms with van der Waals surface area (Å²) < 4.78 is 11.5. The summed E-state index contributed by atoms with van der Waals surface area (Å²) in [7, 11) is 0. The van der Waals surface area contributed by atoms with E-state index in [9.17, 15) is 0 Å². The van der Waals surface area contributed by atoms with Crippen LogP contribution in [0.1, 0.15) is 32.6 Å². The van der Waals surface area contributed by atoms with E-state index in [1.165, 1.54) is 0 Å².